The van der Waals surface area contributed by atoms with Crippen LogP contribution in [0, 0.1) is 6.07 Å². The molecule has 1 saturated heterocycles. The molecule has 5 heteroatoms. The molecule has 2 rings (SSSR count). The molecule has 16 heavy (non-hydrogen) atoms. The molecular formula is C11H11F3NO. The molecule has 0 N–H and O–H groups in total. The van der Waals surface area contributed by atoms with Crippen molar-refractivity contribution in [1.82, 2.24) is 0 Å². The number of morpholine rings is 1. The Kier molecular flexibility index (Phi) is 3.05. The maximum absolute atomic E-state index is 12.7. The summed E-state index contributed by atoms with van der Waals surface area (Å²) in [6.07, 6.45) is -4.33. The summed E-state index contributed by atoms with van der Waals surface area (Å²) in [6.45, 7) is 1.87. The van der Waals surface area contributed by atoms with Crippen molar-refractivity contribution in [3.63, 3.8) is 0 Å². The van der Waals surface area contributed by atoms with Crippen molar-refractivity contribution in [3.8, 4) is 0 Å². The van der Waals surface area contributed by atoms with E-state index in [4.69, 9.17) is 4.74 Å². The number of para-hydroxylation sites is 1. The van der Waals surface area contributed by atoms with Crippen LogP contribution in [0.1, 0.15) is 5.56 Å². The lowest BCUT2D eigenvalue weighted by atomic mass is 10.1. The largest absolute Gasteiger partial charge is 0.418 e. The second kappa shape index (κ2) is 4.33. The van der Waals surface area contributed by atoms with Crippen molar-refractivity contribution in [2.24, 2.45) is 0 Å². The predicted octanol–water partition coefficient (Wildman–Crippen LogP) is 2.34. The second-order valence-corrected chi connectivity index (χ2v) is 3.53. The van der Waals surface area contributed by atoms with E-state index in [-0.39, 0.29) is 5.69 Å². The average Bonchev–Trinajstić information content (AvgIpc) is 2.29. The molecule has 0 aromatic heterocycles. The molecule has 87 valence electrons. The molecule has 1 heterocycles. The maximum Gasteiger partial charge on any atom is 0.418 e. The van der Waals surface area contributed by atoms with E-state index in [1.807, 2.05) is 0 Å². The second-order valence-electron chi connectivity index (χ2n) is 3.53. The molecule has 0 unspecified atom stereocenters. The molecular weight excluding hydrogens is 219 g/mol. The summed E-state index contributed by atoms with van der Waals surface area (Å²) >= 11 is 0. The molecule has 0 saturated carbocycles. The first-order valence-corrected chi connectivity index (χ1v) is 4.99. The van der Waals surface area contributed by atoms with Gasteiger partial charge in [-0.2, -0.15) is 13.2 Å². The molecule has 0 amide bonds. The Balaban J connectivity index is 2.32. The number of ether oxygens (including phenoxy) is 1. The molecule has 1 aromatic carbocycles. The lowest BCUT2D eigenvalue weighted by molar-refractivity contribution is -0.137. The molecule has 1 aromatic rings. The first-order valence-electron chi connectivity index (χ1n) is 4.99. The van der Waals surface area contributed by atoms with Crippen LogP contribution in [0.4, 0.5) is 18.9 Å². The number of benzene rings is 1. The van der Waals surface area contributed by atoms with Gasteiger partial charge in [-0.1, -0.05) is 12.1 Å². The number of alkyl halides is 3. The van der Waals surface area contributed by atoms with E-state index in [9.17, 15) is 13.2 Å². The number of hydrogen-bond donors (Lipinski definition) is 0. The van der Waals surface area contributed by atoms with Gasteiger partial charge in [-0.25, -0.2) is 0 Å². The highest BCUT2D eigenvalue weighted by Crippen LogP contribution is 2.36. The molecule has 2 nitrogen and oxygen atoms in total. The molecule has 0 bridgehead atoms. The molecule has 0 atom stereocenters. The zero-order valence-corrected chi connectivity index (χ0v) is 8.55. The highest BCUT2D eigenvalue weighted by atomic mass is 19.4. The Morgan fingerprint density at radius 3 is 2.56 bits per heavy atom. The summed E-state index contributed by atoms with van der Waals surface area (Å²) in [7, 11) is 0. The molecule has 1 fully saturated rings. The molecule has 1 aliphatic heterocycles. The van der Waals surface area contributed by atoms with Gasteiger partial charge < -0.3 is 9.64 Å². The fourth-order valence-electron chi connectivity index (χ4n) is 1.71. The van der Waals surface area contributed by atoms with Gasteiger partial charge in [0.25, 0.3) is 0 Å². The Morgan fingerprint density at radius 2 is 1.94 bits per heavy atom. The van der Waals surface area contributed by atoms with Crippen LogP contribution in [-0.2, 0) is 10.9 Å². The van der Waals surface area contributed by atoms with Gasteiger partial charge in [-0.05, 0) is 6.07 Å². The van der Waals surface area contributed by atoms with Crippen LogP contribution in [0.2, 0.25) is 0 Å². The number of nitrogens with zero attached hydrogens (tertiary/aromatic N) is 1. The van der Waals surface area contributed by atoms with E-state index in [1.165, 1.54) is 12.1 Å². The highest BCUT2D eigenvalue weighted by Gasteiger charge is 2.34. The van der Waals surface area contributed by atoms with E-state index in [0.29, 0.717) is 26.3 Å². The lowest BCUT2D eigenvalue weighted by Gasteiger charge is -2.30. The van der Waals surface area contributed by atoms with Crippen LogP contribution in [0.15, 0.2) is 18.2 Å². The Morgan fingerprint density at radius 1 is 1.25 bits per heavy atom. The van der Waals surface area contributed by atoms with E-state index in [0.717, 1.165) is 6.07 Å². The zero-order valence-electron chi connectivity index (χ0n) is 8.55. The van der Waals surface area contributed by atoms with Crippen LogP contribution >= 0.6 is 0 Å². The molecule has 0 aliphatic carbocycles. The first-order chi connectivity index (χ1) is 7.59. The highest BCUT2D eigenvalue weighted by molar-refractivity contribution is 5.54. The third-order valence-electron chi connectivity index (χ3n) is 2.47. The van der Waals surface area contributed by atoms with Gasteiger partial charge in [0.2, 0.25) is 0 Å². The number of hydrogen-bond acceptors (Lipinski definition) is 2. The SMILES string of the molecule is FC(F)(F)c1ccc[c]c1N1CCOCC1. The molecule has 0 spiro atoms. The standard InChI is InChI=1S/C11H11F3NO/c12-11(13,14)9-3-1-2-4-10(9)15-5-7-16-8-6-15/h1-3H,5-8H2. The minimum Gasteiger partial charge on any atom is -0.378 e. The topological polar surface area (TPSA) is 12.5 Å². The van der Waals surface area contributed by atoms with E-state index in [2.05, 4.69) is 6.07 Å². The fourth-order valence-corrected chi connectivity index (χ4v) is 1.71. The van der Waals surface area contributed by atoms with Crippen LogP contribution in [-0.4, -0.2) is 26.3 Å². The third-order valence-corrected chi connectivity index (χ3v) is 2.47. The van der Waals surface area contributed by atoms with Crippen LogP contribution in [0.25, 0.3) is 0 Å². The fraction of sp³-hybridized carbons (Fsp3) is 0.455. The predicted molar refractivity (Wildman–Crippen MR) is 53.3 cm³/mol. The van der Waals surface area contributed by atoms with Gasteiger partial charge in [0.15, 0.2) is 0 Å². The van der Waals surface area contributed by atoms with Crippen LogP contribution in [0.3, 0.4) is 0 Å². The minimum atomic E-state index is -4.33. The smallest absolute Gasteiger partial charge is 0.378 e. The minimum absolute atomic E-state index is 0.123. The summed E-state index contributed by atoms with van der Waals surface area (Å²) in [6, 6.07) is 6.60. The van der Waals surface area contributed by atoms with Gasteiger partial charge in [-0.3, -0.25) is 0 Å². The van der Waals surface area contributed by atoms with Crippen molar-refractivity contribution in [3.05, 3.63) is 29.8 Å². The number of halogens is 3. The Labute approximate surface area is 91.6 Å². The van der Waals surface area contributed by atoms with Crippen molar-refractivity contribution in [1.29, 1.82) is 0 Å². The van der Waals surface area contributed by atoms with Crippen LogP contribution in [0.5, 0.6) is 0 Å². The van der Waals surface area contributed by atoms with E-state index >= 15 is 0 Å². The quantitative estimate of drug-likeness (QED) is 0.734. The molecule has 1 radical (unpaired) electrons. The zero-order chi connectivity index (χ0) is 11.6. The summed E-state index contributed by atoms with van der Waals surface area (Å²) in [5, 5.41) is 0. The van der Waals surface area contributed by atoms with E-state index < -0.39 is 11.7 Å². The first kappa shape index (κ1) is 11.3. The number of anilines is 1. The van der Waals surface area contributed by atoms with Crippen LogP contribution < -0.4 is 4.90 Å². The average molecular weight is 230 g/mol. The van der Waals surface area contributed by atoms with Gasteiger partial charge in [0, 0.05) is 19.2 Å². The van der Waals surface area contributed by atoms with Gasteiger partial charge in [-0.15, -0.1) is 0 Å². The normalized spacial score (nSPS) is 17.6. The van der Waals surface area contributed by atoms with Gasteiger partial charge in [0.1, 0.15) is 0 Å². The summed E-state index contributed by atoms with van der Waals surface area (Å²) in [5.41, 5.74) is -0.504. The summed E-state index contributed by atoms with van der Waals surface area (Å²) in [4.78, 5) is 1.66. The summed E-state index contributed by atoms with van der Waals surface area (Å²) in [5.74, 6) is 0. The molecule has 1 aliphatic rings. The van der Waals surface area contributed by atoms with Crippen molar-refractivity contribution in [2.75, 3.05) is 31.2 Å². The van der Waals surface area contributed by atoms with Crippen molar-refractivity contribution in [2.45, 2.75) is 6.18 Å². The van der Waals surface area contributed by atoms with Gasteiger partial charge >= 0.3 is 6.18 Å². The maximum atomic E-state index is 12.7. The van der Waals surface area contributed by atoms with Crippen molar-refractivity contribution < 1.29 is 17.9 Å². The third kappa shape index (κ3) is 2.29. The lowest BCUT2D eigenvalue weighted by Crippen LogP contribution is -2.37. The Hall–Kier alpha value is -1.23. The Bertz CT molecular complexity index is 358. The van der Waals surface area contributed by atoms with Crippen molar-refractivity contribution >= 4 is 5.69 Å². The van der Waals surface area contributed by atoms with E-state index in [1.54, 1.807) is 4.90 Å². The number of rotatable bonds is 1. The summed E-state index contributed by atoms with van der Waals surface area (Å²) < 4.78 is 43.3. The van der Waals surface area contributed by atoms with Gasteiger partial charge in [0.05, 0.1) is 24.5 Å². The monoisotopic (exact) mass is 230 g/mol.